The van der Waals surface area contributed by atoms with Gasteiger partial charge < -0.3 is 10.2 Å². The molecule has 5 aliphatic rings. The highest BCUT2D eigenvalue weighted by atomic mass is 16.3. The maximum Gasteiger partial charge on any atom is 0.0637 e. The van der Waals surface area contributed by atoms with Crippen LogP contribution in [-0.2, 0) is 0 Å². The first-order valence-corrected chi connectivity index (χ1v) is 11.6. The van der Waals surface area contributed by atoms with Crippen LogP contribution in [0.4, 0.5) is 0 Å². The monoisotopic (exact) mass is 372 g/mol. The van der Waals surface area contributed by atoms with E-state index in [-0.39, 0.29) is 28.5 Å². The molecule has 0 aromatic rings. The Kier molecular flexibility index (Phi) is 3.61. The zero-order valence-corrected chi connectivity index (χ0v) is 18.3. The van der Waals surface area contributed by atoms with Gasteiger partial charge in [-0.25, -0.2) is 0 Å². The Morgan fingerprint density at radius 1 is 0.889 bits per heavy atom. The third kappa shape index (κ3) is 2.00. The Balaban J connectivity index is 1.66. The quantitative estimate of drug-likeness (QED) is 0.575. The van der Waals surface area contributed by atoms with E-state index in [1.54, 1.807) is 5.57 Å². The molecular formula is C25H40O2. The summed E-state index contributed by atoms with van der Waals surface area (Å²) in [5, 5.41) is 22.5. The zero-order valence-electron chi connectivity index (χ0n) is 18.3. The number of hydrogen-bond donors (Lipinski definition) is 2. The molecule has 2 N–H and O–H groups in total. The fourth-order valence-corrected chi connectivity index (χ4v) is 9.52. The first kappa shape index (κ1) is 18.7. The molecule has 4 fully saturated rings. The summed E-state index contributed by atoms with van der Waals surface area (Å²) in [6, 6.07) is 0. The Bertz CT molecular complexity index is 694. The number of aliphatic hydroxyl groups excluding tert-OH is 2. The number of aliphatic hydroxyl groups is 2. The minimum absolute atomic E-state index is 0.119. The van der Waals surface area contributed by atoms with E-state index in [1.165, 1.54) is 25.7 Å². The van der Waals surface area contributed by atoms with Crippen LogP contribution >= 0.6 is 0 Å². The van der Waals surface area contributed by atoms with Gasteiger partial charge in [-0.15, -0.1) is 0 Å². The number of hydrogen-bond acceptors (Lipinski definition) is 2. The molecule has 0 radical (unpaired) electrons. The Hall–Kier alpha value is -0.340. The topological polar surface area (TPSA) is 40.5 Å². The molecule has 5 aliphatic carbocycles. The van der Waals surface area contributed by atoms with Gasteiger partial charge in [-0.2, -0.15) is 0 Å². The molecule has 0 amide bonds. The summed E-state index contributed by atoms with van der Waals surface area (Å²) in [6.07, 6.45) is 9.01. The molecule has 0 aromatic carbocycles. The van der Waals surface area contributed by atoms with Gasteiger partial charge in [-0.3, -0.25) is 0 Å². The highest BCUT2D eigenvalue weighted by molar-refractivity contribution is 5.37. The van der Waals surface area contributed by atoms with E-state index < -0.39 is 0 Å². The molecule has 5 rings (SSSR count). The van der Waals surface area contributed by atoms with Crippen molar-refractivity contribution in [3.8, 4) is 0 Å². The second kappa shape index (κ2) is 5.22. The van der Waals surface area contributed by atoms with Crippen molar-refractivity contribution in [2.24, 2.45) is 51.2 Å². The van der Waals surface area contributed by atoms with Gasteiger partial charge in [0.25, 0.3) is 0 Å². The lowest BCUT2D eigenvalue weighted by molar-refractivity contribution is -0.144. The molecule has 0 heterocycles. The van der Waals surface area contributed by atoms with Crippen LogP contribution in [0.15, 0.2) is 11.6 Å². The van der Waals surface area contributed by atoms with Gasteiger partial charge in [0, 0.05) is 5.41 Å². The molecule has 0 unspecified atom stereocenters. The molecule has 27 heavy (non-hydrogen) atoms. The van der Waals surface area contributed by atoms with Crippen LogP contribution in [0, 0.1) is 51.2 Å². The smallest absolute Gasteiger partial charge is 0.0637 e. The van der Waals surface area contributed by atoms with E-state index >= 15 is 0 Å². The lowest BCUT2D eigenvalue weighted by Gasteiger charge is -2.58. The molecule has 0 aliphatic heterocycles. The van der Waals surface area contributed by atoms with Gasteiger partial charge in [0.05, 0.1) is 12.2 Å². The summed E-state index contributed by atoms with van der Waals surface area (Å²) >= 11 is 0. The summed E-state index contributed by atoms with van der Waals surface area (Å²) < 4.78 is 0. The SMILES string of the molecule is C[C@H]1CC[C@@H]2CC[C@@H]3C(=C[C@]4(C)[C@H]3[C@H]3C(C)(C)C[C@H](O)[C@@]3(C)C[C@H]4O)[C@@]21C. The Labute approximate surface area is 165 Å². The fraction of sp³-hybridized carbons (Fsp3) is 0.920. The van der Waals surface area contributed by atoms with Gasteiger partial charge in [-0.05, 0) is 84.4 Å². The lowest BCUT2D eigenvalue weighted by Crippen LogP contribution is -2.57. The average Bonchev–Trinajstić information content (AvgIpc) is 3.09. The summed E-state index contributed by atoms with van der Waals surface area (Å²) in [5.74, 6) is 3.18. The predicted molar refractivity (Wildman–Crippen MR) is 109 cm³/mol. The van der Waals surface area contributed by atoms with Crippen molar-refractivity contribution < 1.29 is 10.2 Å². The number of allylic oxidation sites excluding steroid dienone is 1. The van der Waals surface area contributed by atoms with E-state index in [0.717, 1.165) is 24.7 Å². The van der Waals surface area contributed by atoms with E-state index in [0.29, 0.717) is 23.2 Å². The van der Waals surface area contributed by atoms with Crippen molar-refractivity contribution in [3.05, 3.63) is 11.6 Å². The average molecular weight is 373 g/mol. The summed E-state index contributed by atoms with van der Waals surface area (Å²) in [6.45, 7) is 14.4. The molecule has 0 aromatic heterocycles. The lowest BCUT2D eigenvalue weighted by atomic mass is 9.47. The largest absolute Gasteiger partial charge is 0.393 e. The van der Waals surface area contributed by atoms with Crippen LogP contribution in [0.5, 0.6) is 0 Å². The molecule has 10 atom stereocenters. The molecule has 4 saturated carbocycles. The van der Waals surface area contributed by atoms with Crippen LogP contribution in [0.3, 0.4) is 0 Å². The third-order valence-electron chi connectivity index (χ3n) is 11.0. The summed E-state index contributed by atoms with van der Waals surface area (Å²) in [4.78, 5) is 0. The van der Waals surface area contributed by atoms with E-state index in [9.17, 15) is 10.2 Å². The highest BCUT2D eigenvalue weighted by Gasteiger charge is 2.70. The first-order valence-electron chi connectivity index (χ1n) is 11.6. The van der Waals surface area contributed by atoms with Crippen LogP contribution in [0.1, 0.15) is 80.1 Å². The second-order valence-electron chi connectivity index (χ2n) is 12.5. The van der Waals surface area contributed by atoms with Crippen LogP contribution in [0.2, 0.25) is 0 Å². The van der Waals surface area contributed by atoms with Crippen molar-refractivity contribution in [3.63, 3.8) is 0 Å². The van der Waals surface area contributed by atoms with E-state index in [4.69, 9.17) is 0 Å². The van der Waals surface area contributed by atoms with Crippen molar-refractivity contribution in [2.45, 2.75) is 92.3 Å². The van der Waals surface area contributed by atoms with Crippen LogP contribution < -0.4 is 0 Å². The van der Waals surface area contributed by atoms with Gasteiger partial charge >= 0.3 is 0 Å². The Morgan fingerprint density at radius 3 is 2.26 bits per heavy atom. The van der Waals surface area contributed by atoms with E-state index in [2.05, 4.69) is 47.6 Å². The Morgan fingerprint density at radius 2 is 1.56 bits per heavy atom. The minimum Gasteiger partial charge on any atom is -0.393 e. The number of fused-ring (bicyclic) bond motifs is 7. The molecule has 2 heteroatoms. The molecule has 2 nitrogen and oxygen atoms in total. The highest BCUT2D eigenvalue weighted by Crippen LogP contribution is 2.74. The van der Waals surface area contributed by atoms with Crippen molar-refractivity contribution in [2.75, 3.05) is 0 Å². The van der Waals surface area contributed by atoms with Gasteiger partial charge in [0.2, 0.25) is 0 Å². The second-order valence-corrected chi connectivity index (χ2v) is 12.5. The molecule has 0 bridgehead atoms. The normalized spacial score (nSPS) is 61.0. The molecule has 152 valence electrons. The van der Waals surface area contributed by atoms with Gasteiger partial charge in [0.15, 0.2) is 0 Å². The maximum atomic E-state index is 11.4. The molecule has 0 saturated heterocycles. The molecule has 0 spiro atoms. The van der Waals surface area contributed by atoms with Gasteiger partial charge in [-0.1, -0.05) is 53.2 Å². The summed E-state index contributed by atoms with van der Waals surface area (Å²) in [7, 11) is 0. The zero-order chi connectivity index (χ0) is 19.6. The standard InChI is InChI=1S/C25H40O2/c1-14-7-8-15-9-10-16-17(25(14,15)6)11-23(4)19(27)13-24(5)18(26)12-22(2,3)21(24)20(16)23/h11,14-16,18-21,26-27H,7-10,12-13H2,1-6H3/t14-,15+,16+,18-,19+,20+,21-,23-,24+,25+/m0/s1. The molecular weight excluding hydrogens is 332 g/mol. The van der Waals surface area contributed by atoms with Crippen LogP contribution in [0.25, 0.3) is 0 Å². The van der Waals surface area contributed by atoms with Gasteiger partial charge in [0.1, 0.15) is 0 Å². The minimum atomic E-state index is -0.329. The predicted octanol–water partition coefficient (Wildman–Crippen LogP) is 5.19. The van der Waals surface area contributed by atoms with Crippen LogP contribution in [-0.4, -0.2) is 22.4 Å². The third-order valence-corrected chi connectivity index (χ3v) is 11.0. The summed E-state index contributed by atoms with van der Waals surface area (Å²) in [5.41, 5.74) is 1.92. The van der Waals surface area contributed by atoms with Crippen molar-refractivity contribution in [1.29, 1.82) is 0 Å². The van der Waals surface area contributed by atoms with Crippen molar-refractivity contribution in [1.82, 2.24) is 0 Å². The van der Waals surface area contributed by atoms with Crippen molar-refractivity contribution >= 4 is 0 Å². The van der Waals surface area contributed by atoms with E-state index in [1.807, 2.05) is 0 Å². The maximum absolute atomic E-state index is 11.4. The number of rotatable bonds is 0. The fourth-order valence-electron chi connectivity index (χ4n) is 9.52. The first-order chi connectivity index (χ1) is 12.5.